The fourth-order valence-electron chi connectivity index (χ4n) is 0.641. The molecule has 0 spiro atoms. The van der Waals surface area contributed by atoms with E-state index in [1.54, 1.807) is 7.11 Å². The van der Waals surface area contributed by atoms with Gasteiger partial charge in [-0.1, -0.05) is 6.92 Å². The molecule has 0 radical (unpaired) electrons. The third-order valence-electron chi connectivity index (χ3n) is 1.06. The highest BCUT2D eigenvalue weighted by molar-refractivity contribution is 4.56. The second-order valence-electron chi connectivity index (χ2n) is 2.29. The molecule has 0 heterocycles. The fraction of sp³-hybridized carbons (Fsp3) is 1.00. The molecule has 1 unspecified atom stereocenters. The zero-order chi connectivity index (χ0) is 7.82. The van der Waals surface area contributed by atoms with Crippen LogP contribution in [-0.4, -0.2) is 33.0 Å². The zero-order valence-electron chi connectivity index (χ0n) is 6.80. The number of hydrogen-bond acceptors (Lipinski definition) is 3. The first-order valence-electron chi connectivity index (χ1n) is 3.63. The van der Waals surface area contributed by atoms with Crippen molar-refractivity contribution in [3.63, 3.8) is 0 Å². The van der Waals surface area contributed by atoms with Gasteiger partial charge in [0.15, 0.2) is 0 Å². The second kappa shape index (κ2) is 6.99. The van der Waals surface area contributed by atoms with Gasteiger partial charge in [0.2, 0.25) is 0 Å². The quantitative estimate of drug-likeness (QED) is 0.553. The van der Waals surface area contributed by atoms with E-state index in [1.807, 2.05) is 0 Å². The molecule has 0 aromatic rings. The molecule has 0 aliphatic carbocycles. The van der Waals surface area contributed by atoms with Crippen LogP contribution in [0.5, 0.6) is 0 Å². The summed E-state index contributed by atoms with van der Waals surface area (Å²) in [7, 11) is 1.64. The monoisotopic (exact) mass is 147 g/mol. The lowest BCUT2D eigenvalue weighted by Gasteiger charge is -2.09. The molecule has 2 N–H and O–H groups in total. The van der Waals surface area contributed by atoms with Crippen molar-refractivity contribution in [2.24, 2.45) is 5.73 Å². The van der Waals surface area contributed by atoms with E-state index in [1.165, 1.54) is 0 Å². The van der Waals surface area contributed by atoms with Crippen LogP contribution in [0.1, 0.15) is 13.3 Å². The van der Waals surface area contributed by atoms with Crippen molar-refractivity contribution in [1.29, 1.82) is 0 Å². The van der Waals surface area contributed by atoms with Gasteiger partial charge in [0.25, 0.3) is 0 Å². The number of methoxy groups -OCH3 is 1. The van der Waals surface area contributed by atoms with E-state index in [2.05, 4.69) is 6.92 Å². The number of nitrogens with two attached hydrogens (primary N) is 1. The smallest absolute Gasteiger partial charge is 0.0640 e. The van der Waals surface area contributed by atoms with Crippen LogP contribution in [0, 0.1) is 0 Å². The molecule has 0 aliphatic rings. The van der Waals surface area contributed by atoms with Gasteiger partial charge in [-0.05, 0) is 6.42 Å². The Morgan fingerprint density at radius 1 is 1.40 bits per heavy atom. The Bertz CT molecular complexity index is 68.6. The van der Waals surface area contributed by atoms with Crippen LogP contribution in [0.15, 0.2) is 0 Å². The van der Waals surface area contributed by atoms with Crippen molar-refractivity contribution in [3.05, 3.63) is 0 Å². The minimum absolute atomic E-state index is 0.0246. The summed E-state index contributed by atoms with van der Waals surface area (Å²) in [4.78, 5) is 0. The predicted molar refractivity (Wildman–Crippen MR) is 41.0 cm³/mol. The normalized spacial score (nSPS) is 13.5. The van der Waals surface area contributed by atoms with Gasteiger partial charge >= 0.3 is 0 Å². The molecule has 0 aromatic heterocycles. The summed E-state index contributed by atoms with van der Waals surface area (Å²) in [5, 5.41) is 0. The molecule has 0 saturated heterocycles. The van der Waals surface area contributed by atoms with Crippen LogP contribution in [0.4, 0.5) is 0 Å². The largest absolute Gasteiger partial charge is 0.383 e. The highest BCUT2D eigenvalue weighted by Crippen LogP contribution is 1.84. The van der Waals surface area contributed by atoms with Crippen molar-refractivity contribution in [1.82, 2.24) is 0 Å². The second-order valence-corrected chi connectivity index (χ2v) is 2.29. The van der Waals surface area contributed by atoms with Crippen molar-refractivity contribution in [3.8, 4) is 0 Å². The predicted octanol–water partition coefficient (Wildman–Crippen LogP) is 0.387. The molecule has 0 fully saturated rings. The summed E-state index contributed by atoms with van der Waals surface area (Å²) >= 11 is 0. The van der Waals surface area contributed by atoms with Crippen LogP contribution < -0.4 is 5.73 Å². The first-order valence-corrected chi connectivity index (χ1v) is 3.63. The minimum atomic E-state index is 0.0246. The maximum absolute atomic E-state index is 5.57. The van der Waals surface area contributed by atoms with Crippen LogP contribution in [0.25, 0.3) is 0 Å². The molecule has 62 valence electrons. The van der Waals surface area contributed by atoms with Gasteiger partial charge in [-0.3, -0.25) is 0 Å². The Balaban J connectivity index is 2.97. The van der Waals surface area contributed by atoms with Gasteiger partial charge in [-0.2, -0.15) is 0 Å². The maximum atomic E-state index is 5.57. The Labute approximate surface area is 62.5 Å². The molecule has 0 bridgehead atoms. The number of ether oxygens (including phenoxy) is 2. The minimum Gasteiger partial charge on any atom is -0.383 e. The van der Waals surface area contributed by atoms with Crippen LogP contribution in [0.3, 0.4) is 0 Å². The molecule has 1 atom stereocenters. The summed E-state index contributed by atoms with van der Waals surface area (Å²) in [6.07, 6.45) is 1.04. The Hall–Kier alpha value is -0.120. The Morgan fingerprint density at radius 3 is 2.60 bits per heavy atom. The maximum Gasteiger partial charge on any atom is 0.0640 e. The average molecular weight is 147 g/mol. The van der Waals surface area contributed by atoms with E-state index in [-0.39, 0.29) is 6.04 Å². The molecular weight excluding hydrogens is 130 g/mol. The highest BCUT2D eigenvalue weighted by atomic mass is 16.5. The first-order chi connectivity index (χ1) is 4.81. The first kappa shape index (κ1) is 9.88. The van der Waals surface area contributed by atoms with E-state index in [0.29, 0.717) is 13.2 Å². The van der Waals surface area contributed by atoms with E-state index in [9.17, 15) is 0 Å². The molecule has 0 saturated carbocycles. The van der Waals surface area contributed by atoms with Crippen LogP contribution >= 0.6 is 0 Å². The van der Waals surface area contributed by atoms with Gasteiger partial charge in [0.05, 0.1) is 19.3 Å². The van der Waals surface area contributed by atoms with Crippen LogP contribution in [-0.2, 0) is 9.47 Å². The average Bonchev–Trinajstić information content (AvgIpc) is 1.89. The summed E-state index contributed by atoms with van der Waals surface area (Å²) in [5.41, 5.74) is 5.57. The van der Waals surface area contributed by atoms with Crippen molar-refractivity contribution in [2.45, 2.75) is 19.4 Å². The highest BCUT2D eigenvalue weighted by Gasteiger charge is 1.99. The van der Waals surface area contributed by atoms with E-state index in [0.717, 1.165) is 13.0 Å². The van der Waals surface area contributed by atoms with E-state index >= 15 is 0 Å². The molecule has 0 rings (SSSR count). The van der Waals surface area contributed by atoms with E-state index < -0.39 is 0 Å². The van der Waals surface area contributed by atoms with Gasteiger partial charge in [0.1, 0.15) is 0 Å². The topological polar surface area (TPSA) is 44.5 Å². The third-order valence-corrected chi connectivity index (χ3v) is 1.06. The molecular formula is C7H17NO2. The fourth-order valence-corrected chi connectivity index (χ4v) is 0.641. The van der Waals surface area contributed by atoms with Gasteiger partial charge in [-0.15, -0.1) is 0 Å². The lowest BCUT2D eigenvalue weighted by molar-refractivity contribution is 0.0873. The van der Waals surface area contributed by atoms with E-state index in [4.69, 9.17) is 15.2 Å². The third kappa shape index (κ3) is 6.01. The zero-order valence-corrected chi connectivity index (χ0v) is 6.80. The Morgan fingerprint density at radius 2 is 2.10 bits per heavy atom. The van der Waals surface area contributed by atoms with Crippen molar-refractivity contribution >= 4 is 0 Å². The Kier molecular flexibility index (Phi) is 6.91. The van der Waals surface area contributed by atoms with Crippen molar-refractivity contribution in [2.75, 3.05) is 26.9 Å². The lowest BCUT2D eigenvalue weighted by Crippen LogP contribution is -2.31. The standard InChI is InChI=1S/C7H17NO2/c1-3-4-10-6-7(8)5-9-2/h7H,3-6,8H2,1-2H3. The van der Waals surface area contributed by atoms with Gasteiger partial charge in [-0.25, -0.2) is 0 Å². The molecule has 0 aromatic carbocycles. The lowest BCUT2D eigenvalue weighted by atomic mass is 10.4. The summed E-state index contributed by atoms with van der Waals surface area (Å²) in [6.45, 7) is 4.03. The van der Waals surface area contributed by atoms with Crippen molar-refractivity contribution < 1.29 is 9.47 Å². The molecule has 3 nitrogen and oxygen atoms in total. The summed E-state index contributed by atoms with van der Waals surface area (Å²) in [5.74, 6) is 0. The van der Waals surface area contributed by atoms with Crippen LogP contribution in [0.2, 0.25) is 0 Å². The number of hydrogen-bond donors (Lipinski definition) is 1. The SMILES string of the molecule is CCCOCC(N)COC. The number of rotatable bonds is 6. The molecule has 3 heteroatoms. The summed E-state index contributed by atoms with van der Waals surface area (Å²) in [6, 6.07) is 0.0246. The summed E-state index contributed by atoms with van der Waals surface area (Å²) < 4.78 is 10.0. The molecule has 0 aliphatic heterocycles. The molecule has 0 amide bonds. The van der Waals surface area contributed by atoms with Gasteiger partial charge in [0, 0.05) is 13.7 Å². The molecule has 10 heavy (non-hydrogen) atoms. The van der Waals surface area contributed by atoms with Gasteiger partial charge < -0.3 is 15.2 Å².